The predicted molar refractivity (Wildman–Crippen MR) is 82.2 cm³/mol. The molecule has 2 aromatic rings. The second-order valence-corrected chi connectivity index (χ2v) is 5.35. The Bertz CT molecular complexity index is 636. The minimum Gasteiger partial charge on any atom is -0.478 e. The van der Waals surface area contributed by atoms with Crippen LogP contribution in [0, 0.1) is 0 Å². The van der Waals surface area contributed by atoms with Gasteiger partial charge in [0, 0.05) is 11.6 Å². The summed E-state index contributed by atoms with van der Waals surface area (Å²) in [5.74, 6) is -0.964. The summed E-state index contributed by atoms with van der Waals surface area (Å²) in [4.78, 5) is 10.9. The van der Waals surface area contributed by atoms with E-state index in [9.17, 15) is 4.79 Å². The average Bonchev–Trinajstić information content (AvgIpc) is 2.37. The molecule has 6 heteroatoms. The van der Waals surface area contributed by atoms with Crippen LogP contribution in [0.15, 0.2) is 36.4 Å². The molecule has 0 heterocycles. The topological polar surface area (TPSA) is 49.3 Å². The lowest BCUT2D eigenvalue weighted by Crippen LogP contribution is -2.03. The molecule has 0 spiro atoms. The van der Waals surface area contributed by atoms with Crippen molar-refractivity contribution < 1.29 is 9.90 Å². The molecule has 0 atom stereocenters. The largest absolute Gasteiger partial charge is 0.478 e. The van der Waals surface area contributed by atoms with Gasteiger partial charge in [-0.05, 0) is 29.8 Å². The van der Waals surface area contributed by atoms with Crippen molar-refractivity contribution in [2.75, 3.05) is 5.32 Å². The van der Waals surface area contributed by atoms with E-state index >= 15 is 0 Å². The third-order valence-electron chi connectivity index (χ3n) is 2.65. The van der Waals surface area contributed by atoms with Gasteiger partial charge in [-0.1, -0.05) is 46.9 Å². The second kappa shape index (κ2) is 6.35. The smallest absolute Gasteiger partial charge is 0.335 e. The van der Waals surface area contributed by atoms with Crippen molar-refractivity contribution in [2.45, 2.75) is 6.54 Å². The first kappa shape index (κ1) is 15.0. The highest BCUT2D eigenvalue weighted by molar-refractivity contribution is 6.41. The normalized spacial score (nSPS) is 10.3. The van der Waals surface area contributed by atoms with E-state index in [1.165, 1.54) is 6.07 Å². The van der Waals surface area contributed by atoms with Gasteiger partial charge in [0.1, 0.15) is 0 Å². The molecule has 0 aliphatic heterocycles. The van der Waals surface area contributed by atoms with Crippen LogP contribution in [-0.2, 0) is 6.54 Å². The molecule has 0 fully saturated rings. The number of hydrogen-bond acceptors (Lipinski definition) is 2. The number of benzene rings is 2. The van der Waals surface area contributed by atoms with Crippen LogP contribution in [0.3, 0.4) is 0 Å². The Balaban J connectivity index is 2.17. The molecule has 20 heavy (non-hydrogen) atoms. The maximum absolute atomic E-state index is 10.9. The standard InChI is InChI=1S/C14H10Cl3NO2/c15-10-5-11(16)13(12(17)6-10)18-7-8-2-1-3-9(4-8)14(19)20/h1-6,18H,7H2,(H,19,20). The van der Waals surface area contributed by atoms with Crippen LogP contribution >= 0.6 is 34.8 Å². The van der Waals surface area contributed by atoms with E-state index in [1.807, 2.05) is 6.07 Å². The molecular weight excluding hydrogens is 321 g/mol. The van der Waals surface area contributed by atoms with Crippen LogP contribution in [0.1, 0.15) is 15.9 Å². The summed E-state index contributed by atoms with van der Waals surface area (Å²) in [6, 6.07) is 9.81. The van der Waals surface area contributed by atoms with Crippen LogP contribution in [0.25, 0.3) is 0 Å². The number of hydrogen-bond donors (Lipinski definition) is 2. The van der Waals surface area contributed by atoms with E-state index in [0.717, 1.165) is 5.56 Å². The van der Waals surface area contributed by atoms with Gasteiger partial charge < -0.3 is 10.4 Å². The number of carbonyl (C=O) groups is 1. The summed E-state index contributed by atoms with van der Waals surface area (Å²) in [7, 11) is 0. The third-order valence-corrected chi connectivity index (χ3v) is 3.46. The molecule has 3 nitrogen and oxygen atoms in total. The van der Waals surface area contributed by atoms with Gasteiger partial charge in [0.2, 0.25) is 0 Å². The molecule has 0 saturated heterocycles. The molecule has 0 unspecified atom stereocenters. The molecule has 0 amide bonds. The van der Waals surface area contributed by atoms with Gasteiger partial charge in [-0.25, -0.2) is 4.79 Å². The number of halogens is 3. The summed E-state index contributed by atoms with van der Waals surface area (Å²) in [6.45, 7) is 0.405. The van der Waals surface area contributed by atoms with Crippen molar-refractivity contribution in [3.63, 3.8) is 0 Å². The highest BCUT2D eigenvalue weighted by Gasteiger charge is 2.08. The Hall–Kier alpha value is -1.42. The molecule has 0 aliphatic rings. The predicted octanol–water partition coefficient (Wildman–Crippen LogP) is 4.96. The van der Waals surface area contributed by atoms with Crippen molar-refractivity contribution in [1.82, 2.24) is 0 Å². The molecule has 0 bridgehead atoms. The first-order valence-electron chi connectivity index (χ1n) is 5.68. The van der Waals surface area contributed by atoms with Gasteiger partial charge in [-0.2, -0.15) is 0 Å². The molecule has 0 saturated carbocycles. The lowest BCUT2D eigenvalue weighted by atomic mass is 10.1. The Labute approximate surface area is 131 Å². The van der Waals surface area contributed by atoms with Crippen LogP contribution in [0.4, 0.5) is 5.69 Å². The zero-order valence-electron chi connectivity index (χ0n) is 10.2. The quantitative estimate of drug-likeness (QED) is 0.833. The van der Waals surface area contributed by atoms with E-state index < -0.39 is 5.97 Å². The summed E-state index contributed by atoms with van der Waals surface area (Å²) in [5.41, 5.74) is 1.61. The Kier molecular flexibility index (Phi) is 4.76. The van der Waals surface area contributed by atoms with Crippen LogP contribution in [-0.4, -0.2) is 11.1 Å². The fraction of sp³-hybridized carbons (Fsp3) is 0.0714. The van der Waals surface area contributed by atoms with E-state index in [2.05, 4.69) is 5.32 Å². The Morgan fingerprint density at radius 2 is 1.75 bits per heavy atom. The summed E-state index contributed by atoms with van der Waals surface area (Å²) in [5, 5.41) is 13.3. The minimum atomic E-state index is -0.964. The van der Waals surface area contributed by atoms with Gasteiger partial charge in [0.25, 0.3) is 0 Å². The van der Waals surface area contributed by atoms with Gasteiger partial charge >= 0.3 is 5.97 Å². The molecule has 2 rings (SSSR count). The van der Waals surface area contributed by atoms with Gasteiger partial charge in [0.15, 0.2) is 0 Å². The Morgan fingerprint density at radius 3 is 2.35 bits per heavy atom. The van der Waals surface area contributed by atoms with E-state index in [1.54, 1.807) is 24.3 Å². The van der Waals surface area contributed by atoms with Gasteiger partial charge in [-0.15, -0.1) is 0 Å². The molecule has 0 aliphatic carbocycles. The zero-order chi connectivity index (χ0) is 14.7. The Morgan fingerprint density at radius 1 is 1.10 bits per heavy atom. The van der Waals surface area contributed by atoms with E-state index in [0.29, 0.717) is 27.3 Å². The van der Waals surface area contributed by atoms with Crippen molar-refractivity contribution in [2.24, 2.45) is 0 Å². The third kappa shape index (κ3) is 3.57. The fourth-order valence-electron chi connectivity index (χ4n) is 1.72. The molecule has 2 aromatic carbocycles. The maximum atomic E-state index is 10.9. The first-order valence-corrected chi connectivity index (χ1v) is 6.81. The van der Waals surface area contributed by atoms with Crippen molar-refractivity contribution in [1.29, 1.82) is 0 Å². The van der Waals surface area contributed by atoms with Crippen LogP contribution in [0.2, 0.25) is 15.1 Å². The summed E-state index contributed by atoms with van der Waals surface area (Å²) < 4.78 is 0. The first-order chi connectivity index (χ1) is 9.47. The number of nitrogens with one attached hydrogen (secondary N) is 1. The van der Waals surface area contributed by atoms with E-state index in [4.69, 9.17) is 39.9 Å². The van der Waals surface area contributed by atoms with Gasteiger partial charge in [0.05, 0.1) is 21.3 Å². The number of anilines is 1. The molecule has 0 aromatic heterocycles. The zero-order valence-corrected chi connectivity index (χ0v) is 12.4. The highest BCUT2D eigenvalue weighted by Crippen LogP contribution is 2.33. The van der Waals surface area contributed by atoms with Crippen molar-refractivity contribution in [3.8, 4) is 0 Å². The maximum Gasteiger partial charge on any atom is 0.335 e. The van der Waals surface area contributed by atoms with Crippen LogP contribution in [0.5, 0.6) is 0 Å². The molecule has 0 radical (unpaired) electrons. The average molecular weight is 331 g/mol. The number of rotatable bonds is 4. The summed E-state index contributed by atoms with van der Waals surface area (Å²) >= 11 is 17.9. The van der Waals surface area contributed by atoms with Crippen molar-refractivity contribution in [3.05, 3.63) is 62.6 Å². The lowest BCUT2D eigenvalue weighted by molar-refractivity contribution is 0.0697. The number of carboxylic acids is 1. The van der Waals surface area contributed by atoms with Crippen LogP contribution < -0.4 is 5.32 Å². The van der Waals surface area contributed by atoms with Gasteiger partial charge in [-0.3, -0.25) is 0 Å². The summed E-state index contributed by atoms with van der Waals surface area (Å²) in [6.07, 6.45) is 0. The molecule has 104 valence electrons. The fourth-order valence-corrected chi connectivity index (χ4v) is 2.67. The van der Waals surface area contributed by atoms with Crippen molar-refractivity contribution >= 4 is 46.5 Å². The SMILES string of the molecule is O=C(O)c1cccc(CNc2c(Cl)cc(Cl)cc2Cl)c1. The highest BCUT2D eigenvalue weighted by atomic mass is 35.5. The lowest BCUT2D eigenvalue weighted by Gasteiger charge is -2.11. The molecule has 2 N–H and O–H groups in total. The number of aromatic carboxylic acids is 1. The number of carboxylic acid groups (broad SMARTS) is 1. The molecular formula is C14H10Cl3NO2. The minimum absolute atomic E-state index is 0.234. The monoisotopic (exact) mass is 329 g/mol. The second-order valence-electron chi connectivity index (χ2n) is 4.10. The van der Waals surface area contributed by atoms with E-state index in [-0.39, 0.29) is 5.56 Å².